The third kappa shape index (κ3) is 1.11. The molecular weight excluding hydrogens is 380 g/mol. The summed E-state index contributed by atoms with van der Waals surface area (Å²) in [4.78, 5) is 0. The van der Waals surface area contributed by atoms with Gasteiger partial charge in [0.15, 0.2) is 25.7 Å². The molecule has 4 aromatic rings. The maximum Gasteiger partial charge on any atom is 0.381 e. The third-order valence-corrected chi connectivity index (χ3v) is 9.34. The van der Waals surface area contributed by atoms with Crippen molar-refractivity contribution >= 4 is 0 Å². The second-order valence-electron chi connectivity index (χ2n) is 10.4. The monoisotopic (exact) mass is 400 g/mol. The molecule has 0 saturated heterocycles. The van der Waals surface area contributed by atoms with Gasteiger partial charge in [0.25, 0.3) is 0 Å². The predicted octanol–water partition coefficient (Wildman–Crippen LogP) is 0.473. The van der Waals surface area contributed by atoms with Crippen molar-refractivity contribution < 1.29 is 18.3 Å². The van der Waals surface area contributed by atoms with Crippen molar-refractivity contribution in [2.24, 2.45) is 0 Å². The highest BCUT2D eigenvalue weighted by Crippen LogP contribution is 2.52. The van der Waals surface area contributed by atoms with E-state index in [9.17, 15) is 0 Å². The summed E-state index contributed by atoms with van der Waals surface area (Å²) >= 11 is 0. The number of hydrogen-bond acceptors (Lipinski definition) is 0. The highest BCUT2D eigenvalue weighted by atomic mass is 15.4. The second-order valence-corrected chi connectivity index (χ2v) is 10.4. The van der Waals surface area contributed by atoms with E-state index in [2.05, 4.69) is 91.1 Å². The van der Waals surface area contributed by atoms with E-state index in [0.29, 0.717) is 0 Å². The summed E-state index contributed by atoms with van der Waals surface area (Å²) in [6.07, 6.45) is 4.59. The molecule has 10 rings (SSSR count). The molecular formula is C27H20N4+4. The first-order valence-corrected chi connectivity index (χ1v) is 11.5. The van der Waals surface area contributed by atoms with Crippen LogP contribution < -0.4 is 18.3 Å². The van der Waals surface area contributed by atoms with E-state index in [1.807, 2.05) is 0 Å². The molecule has 4 nitrogen and oxygen atoms in total. The molecule has 0 saturated carbocycles. The molecule has 0 fully saturated rings. The van der Waals surface area contributed by atoms with Gasteiger partial charge in [-0.25, -0.2) is 0 Å². The largest absolute Gasteiger partial charge is 0.381 e. The molecule has 144 valence electrons. The van der Waals surface area contributed by atoms with Crippen molar-refractivity contribution in [2.45, 2.75) is 42.4 Å². The summed E-state index contributed by atoms with van der Waals surface area (Å²) in [5.74, 6) is 0. The zero-order valence-electron chi connectivity index (χ0n) is 17.0. The smallest absolute Gasteiger partial charge is 0.132 e. The van der Waals surface area contributed by atoms with Crippen molar-refractivity contribution in [2.75, 3.05) is 0 Å². The summed E-state index contributed by atoms with van der Waals surface area (Å²) in [5, 5.41) is 0. The number of hydrogen-bond donors (Lipinski definition) is 0. The van der Waals surface area contributed by atoms with Crippen LogP contribution >= 0.6 is 0 Å². The van der Waals surface area contributed by atoms with E-state index < -0.39 is 0 Å². The average Bonchev–Trinajstić information content (AvgIpc) is 2.71. The zero-order chi connectivity index (χ0) is 19.7. The van der Waals surface area contributed by atoms with Crippen molar-refractivity contribution in [3.05, 3.63) is 118 Å². The highest BCUT2D eigenvalue weighted by molar-refractivity contribution is 5.50. The van der Waals surface area contributed by atoms with Gasteiger partial charge in [-0.05, 0) is 24.3 Å². The normalized spacial score (nSPS) is 22.5. The van der Waals surface area contributed by atoms with Gasteiger partial charge in [-0.15, -0.1) is 18.3 Å². The summed E-state index contributed by atoms with van der Waals surface area (Å²) in [7, 11) is 0. The van der Waals surface area contributed by atoms with Crippen LogP contribution in [0.1, 0.15) is 45.6 Å². The maximum absolute atomic E-state index is 2.69. The van der Waals surface area contributed by atoms with Crippen LogP contribution in [0.25, 0.3) is 0 Å². The lowest BCUT2D eigenvalue weighted by Crippen LogP contribution is -2.99. The van der Waals surface area contributed by atoms with Gasteiger partial charge in [-0.3, -0.25) is 0 Å². The Hall–Kier alpha value is -3.40. The van der Waals surface area contributed by atoms with Crippen LogP contribution in [0.5, 0.6) is 0 Å². The van der Waals surface area contributed by atoms with E-state index >= 15 is 0 Å². The van der Waals surface area contributed by atoms with Gasteiger partial charge in [-0.2, -0.15) is 0 Å². The molecule has 6 aliphatic heterocycles. The Balaban J connectivity index is 1.50. The van der Waals surface area contributed by atoms with Crippen LogP contribution in [0.2, 0.25) is 0 Å². The summed E-state index contributed by atoms with van der Waals surface area (Å²) in [5.41, 5.74) is 11.6. The van der Waals surface area contributed by atoms with Crippen LogP contribution in [0, 0.1) is 0 Å². The molecule has 10 heterocycles. The highest BCUT2D eigenvalue weighted by Gasteiger charge is 2.85. The van der Waals surface area contributed by atoms with Crippen LogP contribution in [-0.4, -0.2) is 0 Å². The zero-order valence-corrected chi connectivity index (χ0v) is 17.0. The SMILES string of the molecule is c1cc2[n+]3c(c1)C1(c4cccc5[n+]4C3(C2)C5)c2cccc3[n+]2C2(C3)Cc3cccc1[n+]32. The molecule has 0 radical (unpaired) electrons. The fourth-order valence-corrected chi connectivity index (χ4v) is 8.45. The molecule has 0 aromatic carbocycles. The minimum atomic E-state index is -0.285. The Morgan fingerprint density at radius 2 is 0.710 bits per heavy atom. The van der Waals surface area contributed by atoms with E-state index in [-0.39, 0.29) is 16.7 Å². The quantitative estimate of drug-likeness (QED) is 0.382. The van der Waals surface area contributed by atoms with E-state index in [0.717, 1.165) is 25.7 Å². The first kappa shape index (κ1) is 14.6. The van der Waals surface area contributed by atoms with E-state index in [1.165, 1.54) is 45.6 Å². The molecule has 6 aliphatic rings. The van der Waals surface area contributed by atoms with E-state index in [1.54, 1.807) is 0 Å². The lowest BCUT2D eigenvalue weighted by molar-refractivity contribution is -1.08. The molecule has 0 aliphatic carbocycles. The van der Waals surface area contributed by atoms with Gasteiger partial charge in [0.05, 0.1) is 0 Å². The molecule has 4 aromatic heterocycles. The predicted molar refractivity (Wildman–Crippen MR) is 107 cm³/mol. The molecule has 0 atom stereocenters. The Labute approximate surface area is 179 Å². The maximum atomic E-state index is 2.69. The van der Waals surface area contributed by atoms with Gasteiger partial charge in [0.2, 0.25) is 45.6 Å². The van der Waals surface area contributed by atoms with Gasteiger partial charge in [0, 0.05) is 48.5 Å². The Morgan fingerprint density at radius 1 is 0.419 bits per heavy atom. The van der Waals surface area contributed by atoms with Crippen molar-refractivity contribution in [3.8, 4) is 0 Å². The fourth-order valence-electron chi connectivity index (χ4n) is 8.45. The second kappa shape index (κ2) is 3.93. The number of aromatic nitrogens is 4. The Bertz CT molecular complexity index is 1370. The minimum absolute atomic E-state index is 0.122. The van der Waals surface area contributed by atoms with Gasteiger partial charge in [-0.1, -0.05) is 0 Å². The number of nitrogens with zero attached hydrogens (tertiary/aromatic N) is 4. The molecule has 31 heavy (non-hydrogen) atoms. The van der Waals surface area contributed by atoms with Crippen molar-refractivity contribution in [1.82, 2.24) is 0 Å². The average molecular weight is 400 g/mol. The number of fused-ring (bicyclic) bond motifs is 4. The standard InChI is InChI=1S/C27H20N4/c1-5-17-13-25-14-18-6-2-10-22(29(18)25)27(21(9-1)28(17)25)23-11-3-7-19-15-26(30(19)23)16-20-8-4-12-24(27)31(20)26/h1-12H,13-16H2/q+4. The topological polar surface area (TPSA) is 15.5 Å². The van der Waals surface area contributed by atoms with Crippen molar-refractivity contribution in [1.29, 1.82) is 0 Å². The number of pyridine rings is 4. The molecule has 3 spiro atoms. The number of rotatable bonds is 0. The lowest BCUT2D eigenvalue weighted by atomic mass is 9.62. The van der Waals surface area contributed by atoms with E-state index in [4.69, 9.17) is 0 Å². The first-order chi connectivity index (χ1) is 15.3. The third-order valence-electron chi connectivity index (χ3n) is 9.34. The Kier molecular flexibility index (Phi) is 1.85. The lowest BCUT2D eigenvalue weighted by Gasteiger charge is -2.50. The molecule has 4 heteroatoms. The molecule has 0 unspecified atom stereocenters. The Morgan fingerprint density at radius 3 is 1.00 bits per heavy atom. The van der Waals surface area contributed by atoms with Gasteiger partial charge >= 0.3 is 16.7 Å². The summed E-state index contributed by atoms with van der Waals surface area (Å²) in [6.45, 7) is 0. The van der Waals surface area contributed by atoms with Crippen LogP contribution in [0.15, 0.2) is 72.8 Å². The van der Waals surface area contributed by atoms with Crippen molar-refractivity contribution in [3.63, 3.8) is 0 Å². The summed E-state index contributed by atoms with van der Waals surface area (Å²) in [6, 6.07) is 28.1. The minimum Gasteiger partial charge on any atom is -0.132 e. The van der Waals surface area contributed by atoms with Crippen LogP contribution in [0.4, 0.5) is 0 Å². The van der Waals surface area contributed by atoms with Crippen LogP contribution in [0.3, 0.4) is 0 Å². The first-order valence-electron chi connectivity index (χ1n) is 11.5. The van der Waals surface area contributed by atoms with Crippen LogP contribution in [-0.2, 0) is 42.4 Å². The molecule has 0 bridgehead atoms. The molecule has 0 N–H and O–H groups in total. The summed E-state index contributed by atoms with van der Waals surface area (Å²) < 4.78 is 10.8. The van der Waals surface area contributed by atoms with Gasteiger partial charge in [0.1, 0.15) is 0 Å². The fraction of sp³-hybridized carbons (Fsp3) is 0.259. The van der Waals surface area contributed by atoms with Gasteiger partial charge < -0.3 is 0 Å². The molecule has 0 amide bonds.